The van der Waals surface area contributed by atoms with Crippen LogP contribution in [0.4, 0.5) is 0 Å². The topological polar surface area (TPSA) is 67.5 Å². The van der Waals surface area contributed by atoms with Gasteiger partial charge in [0.2, 0.25) is 5.91 Å². The van der Waals surface area contributed by atoms with Gasteiger partial charge in [-0.15, -0.1) is 0 Å². The predicted octanol–water partition coefficient (Wildman–Crippen LogP) is -1.28. The average Bonchev–Trinajstić information content (AvgIpc) is 1.66. The minimum Gasteiger partial charge on any atom is -0.368 e. The van der Waals surface area contributed by atoms with Crippen molar-refractivity contribution >= 4 is 12.2 Å². The normalized spacial score (nSPS) is 9.62. The van der Waals surface area contributed by atoms with Crippen molar-refractivity contribution in [3.8, 4) is 0 Å². The lowest BCUT2D eigenvalue weighted by Crippen LogP contribution is -2.27. The van der Waals surface area contributed by atoms with E-state index in [0.717, 1.165) is 0 Å². The first-order chi connectivity index (χ1) is 3.77. The molecule has 0 aliphatic rings. The zero-order chi connectivity index (χ0) is 6.41. The average molecular weight is 115 g/mol. The monoisotopic (exact) mass is 115 g/mol. The van der Waals surface area contributed by atoms with Gasteiger partial charge in [0.05, 0.1) is 12.9 Å². The van der Waals surface area contributed by atoms with Crippen LogP contribution >= 0.6 is 0 Å². The molecule has 46 valence electrons. The van der Waals surface area contributed by atoms with Gasteiger partial charge < -0.3 is 11.1 Å². The summed E-state index contributed by atoms with van der Waals surface area (Å²) in [7, 11) is 1.61. The molecule has 0 spiro atoms. The van der Waals surface area contributed by atoms with Crippen LogP contribution in [0.15, 0.2) is 4.99 Å². The molecule has 0 heterocycles. The Bertz CT molecular complexity index is 99.5. The summed E-state index contributed by atoms with van der Waals surface area (Å²) in [5, 5.41) is 2.57. The zero-order valence-electron chi connectivity index (χ0n) is 4.72. The van der Waals surface area contributed by atoms with E-state index in [9.17, 15) is 4.79 Å². The van der Waals surface area contributed by atoms with Gasteiger partial charge in [-0.05, 0) is 0 Å². The molecule has 0 radical (unpaired) electrons. The van der Waals surface area contributed by atoms with E-state index in [0.29, 0.717) is 0 Å². The van der Waals surface area contributed by atoms with Gasteiger partial charge in [0.1, 0.15) is 0 Å². The lowest BCUT2D eigenvalue weighted by molar-refractivity contribution is -0.116. The summed E-state index contributed by atoms with van der Waals surface area (Å²) in [6.07, 6.45) is 1.42. The maximum Gasteiger partial charge on any atom is 0.236 e. The van der Waals surface area contributed by atoms with Crippen molar-refractivity contribution in [2.24, 2.45) is 10.7 Å². The van der Waals surface area contributed by atoms with Crippen LogP contribution < -0.4 is 11.1 Å². The molecule has 0 fully saturated rings. The van der Waals surface area contributed by atoms with Crippen LogP contribution in [0.25, 0.3) is 0 Å². The fraction of sp³-hybridized carbons (Fsp3) is 0.500. The highest BCUT2D eigenvalue weighted by Gasteiger charge is 1.85. The summed E-state index contributed by atoms with van der Waals surface area (Å²) < 4.78 is 0. The molecule has 0 unspecified atom stereocenters. The van der Waals surface area contributed by atoms with E-state index in [-0.39, 0.29) is 12.5 Å². The third-order valence-corrected chi connectivity index (χ3v) is 0.497. The first-order valence-electron chi connectivity index (χ1n) is 2.19. The maximum absolute atomic E-state index is 9.97. The SMILES string of the molecule is CN=CNCC(N)=O. The third kappa shape index (κ3) is 4.94. The van der Waals surface area contributed by atoms with Gasteiger partial charge in [-0.2, -0.15) is 0 Å². The second-order valence-electron chi connectivity index (χ2n) is 1.23. The molecule has 0 saturated heterocycles. The molecule has 0 aromatic heterocycles. The molecule has 4 nitrogen and oxygen atoms in total. The van der Waals surface area contributed by atoms with Gasteiger partial charge in [0.15, 0.2) is 0 Å². The number of amides is 1. The molecule has 0 atom stereocenters. The Balaban J connectivity index is 3.05. The Labute approximate surface area is 47.8 Å². The van der Waals surface area contributed by atoms with E-state index in [1.165, 1.54) is 6.34 Å². The van der Waals surface area contributed by atoms with Crippen LogP contribution in [0.1, 0.15) is 0 Å². The number of hydrogen-bond acceptors (Lipinski definition) is 2. The molecule has 0 bridgehead atoms. The molecule has 0 aliphatic carbocycles. The molecule has 0 aromatic carbocycles. The number of hydrogen-bond donors (Lipinski definition) is 2. The highest BCUT2D eigenvalue weighted by atomic mass is 16.1. The molecule has 3 N–H and O–H groups in total. The number of nitrogens with one attached hydrogen (secondary N) is 1. The third-order valence-electron chi connectivity index (χ3n) is 0.497. The number of rotatable bonds is 3. The van der Waals surface area contributed by atoms with Crippen LogP contribution in [0, 0.1) is 0 Å². The zero-order valence-corrected chi connectivity index (χ0v) is 4.72. The van der Waals surface area contributed by atoms with E-state index >= 15 is 0 Å². The number of primary amides is 1. The molecular formula is C4H9N3O. The van der Waals surface area contributed by atoms with Crippen LogP contribution in [-0.2, 0) is 4.79 Å². The lowest BCUT2D eigenvalue weighted by Gasteiger charge is -1.90. The van der Waals surface area contributed by atoms with E-state index in [2.05, 4.69) is 10.3 Å². The second-order valence-corrected chi connectivity index (χ2v) is 1.23. The molecule has 1 amide bonds. The molecule has 0 saturated carbocycles. The van der Waals surface area contributed by atoms with Crippen molar-refractivity contribution in [2.45, 2.75) is 0 Å². The highest BCUT2D eigenvalue weighted by Crippen LogP contribution is 1.50. The summed E-state index contributed by atoms with van der Waals surface area (Å²) >= 11 is 0. The van der Waals surface area contributed by atoms with E-state index < -0.39 is 0 Å². The second kappa shape index (κ2) is 4.11. The predicted molar refractivity (Wildman–Crippen MR) is 31.6 cm³/mol. The highest BCUT2D eigenvalue weighted by molar-refractivity contribution is 5.78. The Kier molecular flexibility index (Phi) is 3.56. The number of carbonyl (C=O) groups excluding carboxylic acids is 1. The van der Waals surface area contributed by atoms with E-state index in [4.69, 9.17) is 5.73 Å². The standard InChI is InChI=1S/C4H9N3O/c1-6-3-7-2-4(5)8/h3H,2H2,1H3,(H2,5,8)(H,6,7). The Morgan fingerprint density at radius 3 is 3.00 bits per heavy atom. The van der Waals surface area contributed by atoms with Crippen molar-refractivity contribution in [2.75, 3.05) is 13.6 Å². The molecule has 0 aliphatic heterocycles. The maximum atomic E-state index is 9.97. The Morgan fingerprint density at radius 1 is 2.00 bits per heavy atom. The number of aliphatic imine (C=N–C) groups is 1. The Morgan fingerprint density at radius 2 is 2.62 bits per heavy atom. The van der Waals surface area contributed by atoms with Crippen molar-refractivity contribution in [3.63, 3.8) is 0 Å². The van der Waals surface area contributed by atoms with Gasteiger partial charge >= 0.3 is 0 Å². The van der Waals surface area contributed by atoms with Crippen molar-refractivity contribution in [1.29, 1.82) is 0 Å². The van der Waals surface area contributed by atoms with Crippen LogP contribution in [-0.4, -0.2) is 25.8 Å². The van der Waals surface area contributed by atoms with E-state index in [1.807, 2.05) is 0 Å². The van der Waals surface area contributed by atoms with Crippen molar-refractivity contribution in [1.82, 2.24) is 5.32 Å². The van der Waals surface area contributed by atoms with Crippen LogP contribution in [0.2, 0.25) is 0 Å². The van der Waals surface area contributed by atoms with Gasteiger partial charge in [-0.25, -0.2) is 0 Å². The fourth-order valence-corrected chi connectivity index (χ4v) is 0.238. The van der Waals surface area contributed by atoms with Gasteiger partial charge in [0, 0.05) is 7.05 Å². The summed E-state index contributed by atoms with van der Waals surface area (Å²) in [6.45, 7) is 0.150. The summed E-state index contributed by atoms with van der Waals surface area (Å²) in [5.74, 6) is -0.384. The summed E-state index contributed by atoms with van der Waals surface area (Å²) in [4.78, 5) is 13.5. The smallest absolute Gasteiger partial charge is 0.236 e. The number of carbonyl (C=O) groups is 1. The van der Waals surface area contributed by atoms with Gasteiger partial charge in [-0.1, -0.05) is 0 Å². The van der Waals surface area contributed by atoms with Crippen LogP contribution in [0.5, 0.6) is 0 Å². The minimum atomic E-state index is -0.384. The molecule has 4 heteroatoms. The first kappa shape index (κ1) is 6.94. The van der Waals surface area contributed by atoms with E-state index in [1.54, 1.807) is 7.05 Å². The van der Waals surface area contributed by atoms with Crippen LogP contribution in [0.3, 0.4) is 0 Å². The van der Waals surface area contributed by atoms with Crippen molar-refractivity contribution < 1.29 is 4.79 Å². The Hall–Kier alpha value is -1.06. The number of nitrogens with two attached hydrogens (primary N) is 1. The van der Waals surface area contributed by atoms with Gasteiger partial charge in [0.25, 0.3) is 0 Å². The molecule has 0 rings (SSSR count). The fourth-order valence-electron chi connectivity index (χ4n) is 0.238. The lowest BCUT2D eigenvalue weighted by atomic mass is 10.6. The summed E-state index contributed by atoms with van der Waals surface area (Å²) in [6, 6.07) is 0. The molecule has 8 heavy (non-hydrogen) atoms. The van der Waals surface area contributed by atoms with Gasteiger partial charge in [-0.3, -0.25) is 9.79 Å². The number of nitrogens with zero attached hydrogens (tertiary/aromatic N) is 1. The largest absolute Gasteiger partial charge is 0.368 e. The molecular weight excluding hydrogens is 106 g/mol. The summed E-state index contributed by atoms with van der Waals surface area (Å²) in [5.41, 5.74) is 4.77. The quantitative estimate of drug-likeness (QED) is 0.355. The minimum absolute atomic E-state index is 0.150. The first-order valence-corrected chi connectivity index (χ1v) is 2.19. The van der Waals surface area contributed by atoms with Crippen molar-refractivity contribution in [3.05, 3.63) is 0 Å². The molecule has 0 aromatic rings.